The van der Waals surface area contributed by atoms with Crippen molar-refractivity contribution >= 4 is 27.2 Å². The molecule has 2 nitrogen and oxygen atoms in total. The highest BCUT2D eigenvalue weighted by atomic mass is 32.1. The monoisotopic (exact) mass is 248 g/mol. The number of hydrogen-bond donors (Lipinski definition) is 0. The zero-order valence-electron chi connectivity index (χ0n) is 10.1. The molecule has 1 unspecified atom stereocenters. The highest BCUT2D eigenvalue weighted by Crippen LogP contribution is 2.32. The first kappa shape index (κ1) is 12.3. The third-order valence-electron chi connectivity index (χ3n) is 2.77. The number of Topliss-reactive ketones (excluding diaryl/α,β-unsaturated/α-hetero) is 1. The van der Waals surface area contributed by atoms with Crippen molar-refractivity contribution in [2.75, 3.05) is 6.61 Å². The Hall–Kier alpha value is -1.19. The molecule has 0 spiro atoms. The Morgan fingerprint density at radius 2 is 2.12 bits per heavy atom. The van der Waals surface area contributed by atoms with Crippen LogP contribution in [0.15, 0.2) is 29.6 Å². The first-order valence-electron chi connectivity index (χ1n) is 5.88. The topological polar surface area (TPSA) is 26.3 Å². The Bertz CT molecular complexity index is 516. The largest absolute Gasteiger partial charge is 0.366 e. The summed E-state index contributed by atoms with van der Waals surface area (Å²) in [5.41, 5.74) is 1.01. The van der Waals surface area contributed by atoms with E-state index in [9.17, 15) is 4.79 Å². The zero-order chi connectivity index (χ0) is 12.3. The number of ether oxygens (including phenoxy) is 1. The molecule has 90 valence electrons. The molecule has 0 aliphatic heterocycles. The van der Waals surface area contributed by atoms with E-state index in [1.165, 1.54) is 4.70 Å². The third kappa shape index (κ3) is 2.40. The Morgan fingerprint density at radius 3 is 2.82 bits per heavy atom. The van der Waals surface area contributed by atoms with Crippen molar-refractivity contribution in [1.82, 2.24) is 0 Å². The molecule has 17 heavy (non-hydrogen) atoms. The van der Waals surface area contributed by atoms with Gasteiger partial charge in [-0.25, -0.2) is 0 Å². The van der Waals surface area contributed by atoms with Crippen LogP contribution in [0.3, 0.4) is 0 Å². The maximum atomic E-state index is 11.9. The molecule has 1 heterocycles. The number of fused-ring (bicyclic) bond motifs is 1. The third-order valence-corrected chi connectivity index (χ3v) is 3.75. The molecule has 0 aliphatic rings. The Kier molecular flexibility index (Phi) is 3.92. The van der Waals surface area contributed by atoms with Gasteiger partial charge in [-0.3, -0.25) is 4.79 Å². The van der Waals surface area contributed by atoms with Gasteiger partial charge in [0.05, 0.1) is 0 Å². The number of thiophene rings is 1. The van der Waals surface area contributed by atoms with Crippen molar-refractivity contribution in [3.8, 4) is 0 Å². The van der Waals surface area contributed by atoms with E-state index in [0.29, 0.717) is 13.0 Å². The quantitative estimate of drug-likeness (QED) is 0.800. The van der Waals surface area contributed by atoms with Gasteiger partial charge in [0.25, 0.3) is 0 Å². The van der Waals surface area contributed by atoms with Crippen molar-refractivity contribution in [3.63, 3.8) is 0 Å². The van der Waals surface area contributed by atoms with Gasteiger partial charge >= 0.3 is 0 Å². The van der Waals surface area contributed by atoms with E-state index in [1.807, 2.05) is 31.4 Å². The number of carbonyl (C=O) groups excluding carboxylic acids is 1. The molecule has 0 saturated heterocycles. The first-order valence-corrected chi connectivity index (χ1v) is 6.76. The van der Waals surface area contributed by atoms with E-state index in [2.05, 4.69) is 12.1 Å². The molecular weight excluding hydrogens is 232 g/mol. The van der Waals surface area contributed by atoms with Crippen LogP contribution < -0.4 is 0 Å². The molecule has 2 aromatic rings. The van der Waals surface area contributed by atoms with Gasteiger partial charge in [0, 0.05) is 23.3 Å². The van der Waals surface area contributed by atoms with E-state index in [1.54, 1.807) is 11.3 Å². The minimum absolute atomic E-state index is 0.149. The lowest BCUT2D eigenvalue weighted by molar-refractivity contribution is -0.130. The van der Waals surface area contributed by atoms with Crippen LogP contribution in [0.25, 0.3) is 10.1 Å². The van der Waals surface area contributed by atoms with Crippen molar-refractivity contribution in [2.24, 2.45) is 0 Å². The van der Waals surface area contributed by atoms with Gasteiger partial charge in [-0.2, -0.15) is 0 Å². The highest BCUT2D eigenvalue weighted by molar-refractivity contribution is 7.17. The summed E-state index contributed by atoms with van der Waals surface area (Å²) in [6.45, 7) is 4.36. The molecule has 0 bridgehead atoms. The predicted octanol–water partition coefficient (Wildman–Crippen LogP) is 3.96. The Balaban J connectivity index is 2.45. The number of benzene rings is 1. The summed E-state index contributed by atoms with van der Waals surface area (Å²) in [4.78, 5) is 11.9. The standard InChI is InChI=1S/C14H16O2S/c1-3-12(15)14(16-4-2)11-9-17-13-8-6-5-7-10(11)13/h5-9,14H,3-4H2,1-2H3. The molecule has 0 amide bonds. The number of rotatable bonds is 5. The van der Waals surface area contributed by atoms with Crippen LogP contribution in [0, 0.1) is 0 Å². The zero-order valence-corrected chi connectivity index (χ0v) is 10.9. The molecular formula is C14H16O2S. The van der Waals surface area contributed by atoms with Crippen molar-refractivity contribution < 1.29 is 9.53 Å². The van der Waals surface area contributed by atoms with Crippen LogP contribution in [0.1, 0.15) is 31.9 Å². The number of hydrogen-bond acceptors (Lipinski definition) is 3. The van der Waals surface area contributed by atoms with Crippen LogP contribution in [-0.2, 0) is 9.53 Å². The molecule has 0 radical (unpaired) electrons. The second-order valence-corrected chi connectivity index (χ2v) is 4.75. The fraction of sp³-hybridized carbons (Fsp3) is 0.357. The van der Waals surface area contributed by atoms with Crippen molar-refractivity contribution in [2.45, 2.75) is 26.4 Å². The minimum Gasteiger partial charge on any atom is -0.366 e. The maximum absolute atomic E-state index is 11.9. The molecule has 1 aromatic heterocycles. The lowest BCUT2D eigenvalue weighted by Crippen LogP contribution is -2.14. The van der Waals surface area contributed by atoms with Gasteiger partial charge < -0.3 is 4.74 Å². The van der Waals surface area contributed by atoms with E-state index in [0.717, 1.165) is 10.9 Å². The van der Waals surface area contributed by atoms with Gasteiger partial charge in [0.15, 0.2) is 5.78 Å². The fourth-order valence-corrected chi connectivity index (χ4v) is 2.88. The molecule has 1 atom stereocenters. The summed E-state index contributed by atoms with van der Waals surface area (Å²) < 4.78 is 6.81. The SMILES string of the molecule is CCOC(C(=O)CC)c1csc2ccccc12. The molecule has 0 saturated carbocycles. The summed E-state index contributed by atoms with van der Waals surface area (Å²) in [6.07, 6.45) is 0.107. The smallest absolute Gasteiger partial charge is 0.165 e. The Morgan fingerprint density at radius 1 is 1.35 bits per heavy atom. The van der Waals surface area contributed by atoms with Crippen molar-refractivity contribution in [1.29, 1.82) is 0 Å². The number of carbonyl (C=O) groups is 1. The van der Waals surface area contributed by atoms with Crippen LogP contribution in [0.2, 0.25) is 0 Å². The van der Waals surface area contributed by atoms with E-state index in [-0.39, 0.29) is 5.78 Å². The number of ketones is 1. The van der Waals surface area contributed by atoms with Gasteiger partial charge in [-0.05, 0) is 23.8 Å². The van der Waals surface area contributed by atoms with E-state index in [4.69, 9.17) is 4.74 Å². The van der Waals surface area contributed by atoms with E-state index >= 15 is 0 Å². The molecule has 2 rings (SSSR count). The van der Waals surface area contributed by atoms with Crippen LogP contribution >= 0.6 is 11.3 Å². The average Bonchev–Trinajstić information content (AvgIpc) is 2.79. The molecule has 1 aromatic carbocycles. The average molecular weight is 248 g/mol. The summed E-state index contributed by atoms with van der Waals surface area (Å²) in [5.74, 6) is 0.149. The summed E-state index contributed by atoms with van der Waals surface area (Å²) in [6, 6.07) is 8.14. The predicted molar refractivity (Wildman–Crippen MR) is 71.5 cm³/mol. The van der Waals surface area contributed by atoms with Gasteiger partial charge in [-0.15, -0.1) is 11.3 Å². The lowest BCUT2D eigenvalue weighted by atomic mass is 10.0. The van der Waals surface area contributed by atoms with Gasteiger partial charge in [-0.1, -0.05) is 25.1 Å². The summed E-state index contributed by atoms with van der Waals surface area (Å²) in [7, 11) is 0. The van der Waals surface area contributed by atoms with Gasteiger partial charge in [0.2, 0.25) is 0 Å². The van der Waals surface area contributed by atoms with Crippen LogP contribution in [-0.4, -0.2) is 12.4 Å². The minimum atomic E-state index is -0.402. The van der Waals surface area contributed by atoms with Crippen LogP contribution in [0.4, 0.5) is 0 Å². The molecule has 0 aliphatic carbocycles. The van der Waals surface area contributed by atoms with Gasteiger partial charge in [0.1, 0.15) is 6.10 Å². The summed E-state index contributed by atoms with van der Waals surface area (Å²) >= 11 is 1.66. The second kappa shape index (κ2) is 5.43. The summed E-state index contributed by atoms with van der Waals surface area (Å²) in [5, 5.41) is 3.18. The fourth-order valence-electron chi connectivity index (χ4n) is 1.91. The molecule has 0 fully saturated rings. The highest BCUT2D eigenvalue weighted by Gasteiger charge is 2.22. The van der Waals surface area contributed by atoms with E-state index < -0.39 is 6.10 Å². The first-order chi connectivity index (χ1) is 8.27. The second-order valence-electron chi connectivity index (χ2n) is 3.84. The normalized spacial score (nSPS) is 12.8. The maximum Gasteiger partial charge on any atom is 0.165 e. The lowest BCUT2D eigenvalue weighted by Gasteiger charge is -2.14. The van der Waals surface area contributed by atoms with Crippen LogP contribution in [0.5, 0.6) is 0 Å². The molecule has 3 heteroatoms. The molecule has 0 N–H and O–H groups in total. The Labute approximate surface area is 105 Å². The van der Waals surface area contributed by atoms with Crippen molar-refractivity contribution in [3.05, 3.63) is 35.2 Å².